The molecule has 0 aliphatic carbocycles. The lowest BCUT2D eigenvalue weighted by Gasteiger charge is -2.29. The van der Waals surface area contributed by atoms with Crippen LogP contribution >= 0.6 is 11.6 Å². The third-order valence-corrected chi connectivity index (χ3v) is 6.29. The highest BCUT2D eigenvalue weighted by molar-refractivity contribution is 6.30. The van der Waals surface area contributed by atoms with Gasteiger partial charge in [0.25, 0.3) is 0 Å². The first-order valence-corrected chi connectivity index (χ1v) is 11.4. The molecule has 34 heavy (non-hydrogen) atoms. The van der Waals surface area contributed by atoms with E-state index in [4.69, 9.17) is 30.5 Å². The number of carbonyl (C=O) groups excluding carboxylic acids is 1. The van der Waals surface area contributed by atoms with Crippen molar-refractivity contribution in [1.82, 2.24) is 4.90 Å². The average Bonchev–Trinajstić information content (AvgIpc) is 3.19. The highest BCUT2D eigenvalue weighted by Crippen LogP contribution is 2.42. The van der Waals surface area contributed by atoms with Gasteiger partial charge in [-0.05, 0) is 54.5 Å². The van der Waals surface area contributed by atoms with Crippen molar-refractivity contribution in [2.24, 2.45) is 0 Å². The number of halogens is 1. The lowest BCUT2D eigenvalue weighted by molar-refractivity contribution is 0.0950. The fraction of sp³-hybridized carbons (Fsp3) is 0.222. The molecule has 3 aromatic carbocycles. The summed E-state index contributed by atoms with van der Waals surface area (Å²) in [5, 5.41) is 0.729. The molecule has 5 rings (SSSR count). The first kappa shape index (κ1) is 22.3. The van der Waals surface area contributed by atoms with Gasteiger partial charge in [0.15, 0.2) is 5.76 Å². The predicted molar refractivity (Wildman–Crippen MR) is 130 cm³/mol. The predicted octanol–water partition coefficient (Wildman–Crippen LogP) is 5.37. The highest BCUT2D eigenvalue weighted by atomic mass is 35.5. The van der Waals surface area contributed by atoms with Gasteiger partial charge in [-0.3, -0.25) is 9.69 Å². The van der Waals surface area contributed by atoms with Crippen LogP contribution in [0, 0.1) is 0 Å². The number of rotatable bonds is 6. The van der Waals surface area contributed by atoms with Gasteiger partial charge in [-0.25, -0.2) is 0 Å². The maximum Gasteiger partial charge on any atom is 0.231 e. The number of benzene rings is 3. The largest absolute Gasteiger partial charge is 0.497 e. The van der Waals surface area contributed by atoms with Gasteiger partial charge in [0.1, 0.15) is 29.7 Å². The molecule has 2 heterocycles. The SMILES string of the molecule is COc1ccc(/C=C2\Oc3c(ccc4c3CN(CCc3ccc(Cl)cc3)CO4)C2=O)c(OC)c1. The van der Waals surface area contributed by atoms with Crippen molar-refractivity contribution in [2.45, 2.75) is 13.0 Å². The smallest absolute Gasteiger partial charge is 0.231 e. The molecular weight excluding hydrogens is 454 g/mol. The van der Waals surface area contributed by atoms with Crippen molar-refractivity contribution in [2.75, 3.05) is 27.5 Å². The molecule has 2 aliphatic rings. The summed E-state index contributed by atoms with van der Waals surface area (Å²) in [6.07, 6.45) is 2.57. The summed E-state index contributed by atoms with van der Waals surface area (Å²) in [4.78, 5) is 15.3. The molecule has 2 aliphatic heterocycles. The van der Waals surface area contributed by atoms with Crippen molar-refractivity contribution in [3.8, 4) is 23.0 Å². The van der Waals surface area contributed by atoms with Gasteiger partial charge in [0.2, 0.25) is 5.78 Å². The van der Waals surface area contributed by atoms with Crippen LogP contribution in [0.2, 0.25) is 5.02 Å². The molecule has 3 aromatic rings. The molecule has 6 nitrogen and oxygen atoms in total. The van der Waals surface area contributed by atoms with Crippen LogP contribution in [0.4, 0.5) is 0 Å². The van der Waals surface area contributed by atoms with Gasteiger partial charge >= 0.3 is 0 Å². The molecular formula is C27H24ClNO5. The van der Waals surface area contributed by atoms with E-state index in [-0.39, 0.29) is 11.5 Å². The van der Waals surface area contributed by atoms with Gasteiger partial charge in [0.05, 0.1) is 25.3 Å². The van der Waals surface area contributed by atoms with E-state index in [0.717, 1.165) is 34.9 Å². The molecule has 0 saturated heterocycles. The Bertz CT molecular complexity index is 1270. The normalized spacial score (nSPS) is 16.0. The maximum absolute atomic E-state index is 13.1. The molecule has 174 valence electrons. The van der Waals surface area contributed by atoms with Crippen LogP contribution in [-0.4, -0.2) is 38.2 Å². The Balaban J connectivity index is 1.37. The molecule has 7 heteroatoms. The second-order valence-electron chi connectivity index (χ2n) is 8.17. The number of ether oxygens (including phenoxy) is 4. The van der Waals surface area contributed by atoms with Crippen molar-refractivity contribution < 1.29 is 23.7 Å². The quantitative estimate of drug-likeness (QED) is 0.445. The molecule has 0 saturated carbocycles. The first-order chi connectivity index (χ1) is 16.6. The van der Waals surface area contributed by atoms with E-state index in [1.165, 1.54) is 5.56 Å². The van der Waals surface area contributed by atoms with Crippen LogP contribution in [0.15, 0.2) is 60.4 Å². The lowest BCUT2D eigenvalue weighted by Crippen LogP contribution is -2.33. The van der Waals surface area contributed by atoms with Crippen LogP contribution in [0.1, 0.15) is 27.0 Å². The van der Waals surface area contributed by atoms with Crippen molar-refractivity contribution in [3.05, 3.63) is 87.6 Å². The molecule has 0 N–H and O–H groups in total. The summed E-state index contributed by atoms with van der Waals surface area (Å²) in [7, 11) is 3.17. The zero-order valence-electron chi connectivity index (χ0n) is 19.0. The second kappa shape index (κ2) is 9.41. The molecule has 0 spiro atoms. The summed E-state index contributed by atoms with van der Waals surface area (Å²) >= 11 is 5.99. The van der Waals surface area contributed by atoms with E-state index in [2.05, 4.69) is 4.90 Å². The highest BCUT2D eigenvalue weighted by Gasteiger charge is 2.33. The Morgan fingerprint density at radius 1 is 1.06 bits per heavy atom. The number of hydrogen-bond donors (Lipinski definition) is 0. The summed E-state index contributed by atoms with van der Waals surface area (Å²) in [5.74, 6) is 2.68. The topological polar surface area (TPSA) is 57.2 Å². The molecule has 0 unspecified atom stereocenters. The minimum atomic E-state index is -0.158. The monoisotopic (exact) mass is 477 g/mol. The number of fused-ring (bicyclic) bond motifs is 3. The lowest BCUT2D eigenvalue weighted by atomic mass is 10.0. The van der Waals surface area contributed by atoms with E-state index in [1.807, 2.05) is 42.5 Å². The van der Waals surface area contributed by atoms with E-state index >= 15 is 0 Å². The van der Waals surface area contributed by atoms with E-state index in [1.54, 1.807) is 32.4 Å². The third kappa shape index (κ3) is 4.34. The molecule has 0 aromatic heterocycles. The molecule has 0 atom stereocenters. The van der Waals surface area contributed by atoms with Crippen LogP contribution in [0.5, 0.6) is 23.0 Å². The van der Waals surface area contributed by atoms with Crippen LogP contribution < -0.4 is 18.9 Å². The number of carbonyl (C=O) groups is 1. The van der Waals surface area contributed by atoms with Crippen LogP contribution in [-0.2, 0) is 13.0 Å². The van der Waals surface area contributed by atoms with Gasteiger partial charge in [-0.15, -0.1) is 0 Å². The fourth-order valence-electron chi connectivity index (χ4n) is 4.17. The average molecular weight is 478 g/mol. The van der Waals surface area contributed by atoms with Crippen molar-refractivity contribution in [1.29, 1.82) is 0 Å². The zero-order chi connectivity index (χ0) is 23.7. The van der Waals surface area contributed by atoms with Gasteiger partial charge in [-0.1, -0.05) is 23.7 Å². The van der Waals surface area contributed by atoms with E-state index in [0.29, 0.717) is 36.1 Å². The van der Waals surface area contributed by atoms with Gasteiger partial charge in [0, 0.05) is 29.7 Å². The standard InChI is InChI=1S/C27H24ClNO5/c1-31-20-8-5-18(24(14-20)32-2)13-25-26(30)21-9-10-23-22(27(21)34-25)15-29(16-33-23)12-11-17-3-6-19(28)7-4-17/h3-10,13-14H,11-12,15-16H2,1-2H3/b25-13-. The summed E-state index contributed by atoms with van der Waals surface area (Å²) in [6.45, 7) is 1.93. The number of allylic oxidation sites excluding steroid dienone is 1. The van der Waals surface area contributed by atoms with Gasteiger partial charge in [-0.2, -0.15) is 0 Å². The van der Waals surface area contributed by atoms with Crippen LogP contribution in [0.3, 0.4) is 0 Å². The maximum atomic E-state index is 13.1. The molecule has 0 bridgehead atoms. The van der Waals surface area contributed by atoms with E-state index in [9.17, 15) is 4.79 Å². The van der Waals surface area contributed by atoms with Crippen molar-refractivity contribution >= 4 is 23.5 Å². The number of nitrogens with zero attached hydrogens (tertiary/aromatic N) is 1. The summed E-state index contributed by atoms with van der Waals surface area (Å²) in [5.41, 5.74) is 3.37. The number of ketones is 1. The number of hydrogen-bond acceptors (Lipinski definition) is 6. The summed E-state index contributed by atoms with van der Waals surface area (Å²) in [6, 6.07) is 16.9. The first-order valence-electron chi connectivity index (χ1n) is 11.0. The zero-order valence-corrected chi connectivity index (χ0v) is 19.7. The molecule has 0 fully saturated rings. The minimum absolute atomic E-state index is 0.158. The van der Waals surface area contributed by atoms with Gasteiger partial charge < -0.3 is 18.9 Å². The third-order valence-electron chi connectivity index (χ3n) is 6.04. The Morgan fingerprint density at radius 3 is 2.65 bits per heavy atom. The Kier molecular flexibility index (Phi) is 6.18. The van der Waals surface area contributed by atoms with E-state index < -0.39 is 0 Å². The van der Waals surface area contributed by atoms with Crippen LogP contribution in [0.25, 0.3) is 6.08 Å². The minimum Gasteiger partial charge on any atom is -0.497 e. The molecule has 0 amide bonds. The molecule has 0 radical (unpaired) electrons. The Morgan fingerprint density at radius 2 is 1.88 bits per heavy atom. The number of methoxy groups -OCH3 is 2. The van der Waals surface area contributed by atoms with Crippen molar-refractivity contribution in [3.63, 3.8) is 0 Å². The Labute approximate surface area is 203 Å². The fourth-order valence-corrected chi connectivity index (χ4v) is 4.29. The Hall–Kier alpha value is -3.48. The summed E-state index contributed by atoms with van der Waals surface area (Å²) < 4.78 is 22.8. The second-order valence-corrected chi connectivity index (χ2v) is 8.61. The number of Topliss-reactive ketones (excluding diaryl/α,β-unsaturated/α-hetero) is 1.